The van der Waals surface area contributed by atoms with Gasteiger partial charge in [-0.1, -0.05) is 42.5 Å². The molecule has 0 N–H and O–H groups in total. The number of esters is 1. The molecule has 1 unspecified atom stereocenters. The van der Waals surface area contributed by atoms with Crippen LogP contribution in [0.3, 0.4) is 0 Å². The Balaban J connectivity index is 1.99. The van der Waals surface area contributed by atoms with Crippen LogP contribution in [0.4, 0.5) is 4.79 Å². The summed E-state index contributed by atoms with van der Waals surface area (Å²) < 4.78 is 10.7. The van der Waals surface area contributed by atoms with Crippen molar-refractivity contribution in [3.8, 4) is 0 Å². The minimum absolute atomic E-state index is 0.185. The molecule has 1 atom stereocenters. The van der Waals surface area contributed by atoms with Crippen LogP contribution in [0.1, 0.15) is 32.8 Å². The number of amides is 1. The zero-order valence-electron chi connectivity index (χ0n) is 13.9. The van der Waals surface area contributed by atoms with Gasteiger partial charge in [0.15, 0.2) is 0 Å². The molecule has 1 saturated heterocycles. The lowest BCUT2D eigenvalue weighted by molar-refractivity contribution is -0.150. The third-order valence-corrected chi connectivity index (χ3v) is 3.38. The third-order valence-electron chi connectivity index (χ3n) is 3.38. The Hall–Kier alpha value is -2.30. The Labute approximate surface area is 136 Å². The molecule has 0 aliphatic carbocycles. The number of benzene rings is 1. The van der Waals surface area contributed by atoms with E-state index < -0.39 is 23.7 Å². The summed E-state index contributed by atoms with van der Waals surface area (Å²) in [5, 5.41) is 0. The van der Waals surface area contributed by atoms with Crippen LogP contribution in [0.2, 0.25) is 0 Å². The zero-order chi connectivity index (χ0) is 17.0. The van der Waals surface area contributed by atoms with Crippen LogP contribution in [0, 0.1) is 0 Å². The molecule has 2 rings (SSSR count). The van der Waals surface area contributed by atoms with E-state index in [1.165, 1.54) is 4.90 Å². The molecule has 5 heteroatoms. The second-order valence-corrected chi connectivity index (χ2v) is 6.67. The van der Waals surface area contributed by atoms with Crippen molar-refractivity contribution in [2.45, 2.75) is 45.4 Å². The highest BCUT2D eigenvalue weighted by atomic mass is 16.6. The summed E-state index contributed by atoms with van der Waals surface area (Å²) in [4.78, 5) is 26.0. The average Bonchev–Trinajstić information content (AvgIpc) is 2.86. The van der Waals surface area contributed by atoms with Crippen molar-refractivity contribution in [3.63, 3.8) is 0 Å². The number of hydrogen-bond acceptors (Lipinski definition) is 4. The van der Waals surface area contributed by atoms with Gasteiger partial charge in [-0.3, -0.25) is 4.90 Å². The molecule has 5 nitrogen and oxygen atoms in total. The van der Waals surface area contributed by atoms with Gasteiger partial charge in [0, 0.05) is 13.0 Å². The highest BCUT2D eigenvalue weighted by Crippen LogP contribution is 2.25. The van der Waals surface area contributed by atoms with Crippen molar-refractivity contribution in [1.29, 1.82) is 0 Å². The first-order valence-electron chi connectivity index (χ1n) is 7.63. The molecule has 1 heterocycles. The Morgan fingerprint density at radius 2 is 1.91 bits per heavy atom. The molecule has 1 aromatic carbocycles. The Morgan fingerprint density at radius 1 is 1.26 bits per heavy atom. The van der Waals surface area contributed by atoms with Gasteiger partial charge in [-0.25, -0.2) is 9.59 Å². The second kappa shape index (κ2) is 6.86. The predicted octanol–water partition coefficient (Wildman–Crippen LogP) is 3.30. The molecular weight excluding hydrogens is 294 g/mol. The minimum Gasteiger partial charge on any atom is -0.459 e. The van der Waals surface area contributed by atoms with Crippen LogP contribution in [-0.2, 0) is 20.9 Å². The fraction of sp³-hybridized carbons (Fsp3) is 0.444. The second-order valence-electron chi connectivity index (χ2n) is 6.67. The van der Waals surface area contributed by atoms with Crippen molar-refractivity contribution in [2.75, 3.05) is 6.54 Å². The van der Waals surface area contributed by atoms with Crippen molar-refractivity contribution >= 4 is 12.1 Å². The first-order chi connectivity index (χ1) is 10.8. The number of hydrogen-bond donors (Lipinski definition) is 0. The maximum atomic E-state index is 12.3. The van der Waals surface area contributed by atoms with Crippen LogP contribution in [-0.4, -0.2) is 35.2 Å². The summed E-state index contributed by atoms with van der Waals surface area (Å²) in [5.41, 5.74) is 1.11. The van der Waals surface area contributed by atoms with Gasteiger partial charge in [0.2, 0.25) is 0 Å². The first kappa shape index (κ1) is 17.1. The van der Waals surface area contributed by atoms with E-state index >= 15 is 0 Å². The number of carbonyl (C=O) groups excluding carboxylic acids is 2. The third kappa shape index (κ3) is 4.84. The standard InChI is InChI=1S/C18H23NO4/c1-13-10-15(19(11-13)17(21)23-18(2,3)4)16(20)22-12-14-8-6-5-7-9-14/h5-9,15H,1,10-12H2,2-4H3. The van der Waals surface area contributed by atoms with Crippen LogP contribution >= 0.6 is 0 Å². The van der Waals surface area contributed by atoms with Crippen molar-refractivity contribution in [1.82, 2.24) is 4.90 Å². The molecule has 124 valence electrons. The number of nitrogens with zero attached hydrogens (tertiary/aromatic N) is 1. The summed E-state index contributed by atoms with van der Waals surface area (Å²) >= 11 is 0. The molecule has 0 aromatic heterocycles. The normalized spacial score (nSPS) is 18.0. The highest BCUT2D eigenvalue weighted by Gasteiger charge is 2.39. The fourth-order valence-corrected chi connectivity index (χ4v) is 2.35. The van der Waals surface area contributed by atoms with Crippen molar-refractivity contribution in [3.05, 3.63) is 48.0 Å². The van der Waals surface area contributed by atoms with Crippen molar-refractivity contribution < 1.29 is 19.1 Å². The highest BCUT2D eigenvalue weighted by molar-refractivity contribution is 5.83. The molecule has 0 spiro atoms. The van der Waals surface area contributed by atoms with Gasteiger partial charge < -0.3 is 9.47 Å². The molecule has 0 bridgehead atoms. The minimum atomic E-state index is -0.666. The first-order valence-corrected chi connectivity index (χ1v) is 7.63. The largest absolute Gasteiger partial charge is 0.459 e. The van der Waals surface area contributed by atoms with Gasteiger partial charge >= 0.3 is 12.1 Å². The molecular formula is C18H23NO4. The maximum absolute atomic E-state index is 12.3. The van der Waals surface area contributed by atoms with E-state index in [1.54, 1.807) is 20.8 Å². The van der Waals surface area contributed by atoms with E-state index in [1.807, 2.05) is 30.3 Å². The van der Waals surface area contributed by atoms with E-state index in [0.29, 0.717) is 13.0 Å². The van der Waals surface area contributed by atoms with Gasteiger partial charge in [0.1, 0.15) is 18.2 Å². The van der Waals surface area contributed by atoms with Gasteiger partial charge in [0.25, 0.3) is 0 Å². The van der Waals surface area contributed by atoms with Gasteiger partial charge in [0.05, 0.1) is 0 Å². The lowest BCUT2D eigenvalue weighted by Gasteiger charge is -2.27. The molecule has 0 saturated carbocycles. The molecule has 1 amide bonds. The predicted molar refractivity (Wildman–Crippen MR) is 86.7 cm³/mol. The lowest BCUT2D eigenvalue weighted by atomic mass is 10.2. The van der Waals surface area contributed by atoms with Crippen LogP contribution in [0.15, 0.2) is 42.5 Å². The average molecular weight is 317 g/mol. The summed E-state index contributed by atoms with van der Waals surface area (Å²) in [6.07, 6.45) is -0.106. The number of rotatable bonds is 3. The summed E-state index contributed by atoms with van der Waals surface area (Å²) in [5.74, 6) is -0.432. The van der Waals surface area contributed by atoms with E-state index in [0.717, 1.165) is 11.1 Å². The maximum Gasteiger partial charge on any atom is 0.411 e. The molecule has 1 aliphatic rings. The van der Waals surface area contributed by atoms with Crippen molar-refractivity contribution in [2.24, 2.45) is 0 Å². The number of likely N-dealkylation sites (tertiary alicyclic amines) is 1. The smallest absolute Gasteiger partial charge is 0.411 e. The summed E-state index contributed by atoms with van der Waals surface area (Å²) in [6.45, 7) is 9.75. The Kier molecular flexibility index (Phi) is 5.08. The van der Waals surface area contributed by atoms with E-state index in [-0.39, 0.29) is 6.61 Å². The fourth-order valence-electron chi connectivity index (χ4n) is 2.35. The monoisotopic (exact) mass is 317 g/mol. The Morgan fingerprint density at radius 3 is 2.52 bits per heavy atom. The van der Waals surface area contributed by atoms with E-state index in [2.05, 4.69) is 6.58 Å². The van der Waals surface area contributed by atoms with Crippen LogP contribution in [0.25, 0.3) is 0 Å². The zero-order valence-corrected chi connectivity index (χ0v) is 13.9. The number of ether oxygens (including phenoxy) is 2. The number of carbonyl (C=O) groups is 2. The summed E-state index contributed by atoms with van der Waals surface area (Å²) in [6, 6.07) is 8.76. The molecule has 23 heavy (non-hydrogen) atoms. The molecule has 1 fully saturated rings. The van der Waals surface area contributed by atoms with E-state index in [4.69, 9.17) is 9.47 Å². The van der Waals surface area contributed by atoms with Crippen LogP contribution in [0.5, 0.6) is 0 Å². The topological polar surface area (TPSA) is 55.8 Å². The molecule has 1 aromatic rings. The quantitative estimate of drug-likeness (QED) is 0.634. The van der Waals surface area contributed by atoms with Gasteiger partial charge in [-0.05, 0) is 26.3 Å². The lowest BCUT2D eigenvalue weighted by Crippen LogP contribution is -2.44. The SMILES string of the molecule is C=C1CC(C(=O)OCc2ccccc2)N(C(=O)OC(C)(C)C)C1. The van der Waals surface area contributed by atoms with E-state index in [9.17, 15) is 9.59 Å². The Bertz CT molecular complexity index is 589. The van der Waals surface area contributed by atoms with Crippen LogP contribution < -0.4 is 0 Å². The summed E-state index contributed by atoms with van der Waals surface area (Å²) in [7, 11) is 0. The molecule has 0 radical (unpaired) electrons. The van der Waals surface area contributed by atoms with Gasteiger partial charge in [-0.15, -0.1) is 0 Å². The van der Waals surface area contributed by atoms with Gasteiger partial charge in [-0.2, -0.15) is 0 Å². The molecule has 1 aliphatic heterocycles.